The summed E-state index contributed by atoms with van der Waals surface area (Å²) in [7, 11) is 0. The molecule has 0 unspecified atom stereocenters. The van der Waals surface area contributed by atoms with Gasteiger partial charge in [-0.3, -0.25) is 9.59 Å². The zero-order chi connectivity index (χ0) is 22.1. The first kappa shape index (κ1) is 28.7. The summed E-state index contributed by atoms with van der Waals surface area (Å²) in [4.78, 5) is 22.9. The van der Waals surface area contributed by atoms with E-state index in [1.165, 1.54) is 51.4 Å². The van der Waals surface area contributed by atoms with Gasteiger partial charge in [-0.15, -0.1) is 0 Å². The van der Waals surface area contributed by atoms with E-state index in [-0.39, 0.29) is 11.9 Å². The smallest absolute Gasteiger partial charge is 0.305 e. The SMILES string of the molecule is CCCCOC(=O)CCCCCCCC=CCCCCCCCC(=O)OCCCC. The van der Waals surface area contributed by atoms with Crippen molar-refractivity contribution in [2.75, 3.05) is 13.2 Å². The van der Waals surface area contributed by atoms with E-state index in [4.69, 9.17) is 9.47 Å². The van der Waals surface area contributed by atoms with Crippen LogP contribution in [0.5, 0.6) is 0 Å². The molecule has 0 rings (SSSR count). The minimum absolute atomic E-state index is 0.0312. The van der Waals surface area contributed by atoms with Crippen LogP contribution in [-0.2, 0) is 19.1 Å². The van der Waals surface area contributed by atoms with Gasteiger partial charge in [-0.25, -0.2) is 0 Å². The Kier molecular flexibility index (Phi) is 22.9. The van der Waals surface area contributed by atoms with Crippen molar-refractivity contribution < 1.29 is 19.1 Å². The van der Waals surface area contributed by atoms with Gasteiger partial charge >= 0.3 is 11.9 Å². The van der Waals surface area contributed by atoms with Crippen LogP contribution in [0.3, 0.4) is 0 Å². The summed E-state index contributed by atoms with van der Waals surface area (Å²) in [5.41, 5.74) is 0. The van der Waals surface area contributed by atoms with Gasteiger partial charge in [0.2, 0.25) is 0 Å². The predicted octanol–water partition coefficient (Wildman–Crippen LogP) is 7.69. The molecule has 0 aromatic carbocycles. The molecule has 0 radical (unpaired) electrons. The maximum absolute atomic E-state index is 11.5. The van der Waals surface area contributed by atoms with E-state index in [0.29, 0.717) is 26.1 Å². The molecule has 4 heteroatoms. The van der Waals surface area contributed by atoms with Crippen molar-refractivity contribution in [2.45, 2.75) is 129 Å². The summed E-state index contributed by atoms with van der Waals surface area (Å²) >= 11 is 0. The lowest BCUT2D eigenvalue weighted by Crippen LogP contribution is -2.05. The summed E-state index contributed by atoms with van der Waals surface area (Å²) in [5, 5.41) is 0. The summed E-state index contributed by atoms with van der Waals surface area (Å²) in [6, 6.07) is 0. The largest absolute Gasteiger partial charge is 0.466 e. The van der Waals surface area contributed by atoms with Crippen LogP contribution in [0.4, 0.5) is 0 Å². The quantitative estimate of drug-likeness (QED) is 0.101. The van der Waals surface area contributed by atoms with Gasteiger partial charge < -0.3 is 9.47 Å². The number of hydrogen-bond donors (Lipinski definition) is 0. The highest BCUT2D eigenvalue weighted by atomic mass is 16.5. The van der Waals surface area contributed by atoms with Crippen LogP contribution in [0.15, 0.2) is 12.2 Å². The molecule has 0 saturated carbocycles. The van der Waals surface area contributed by atoms with Crippen molar-refractivity contribution in [3.05, 3.63) is 12.2 Å². The summed E-state index contributed by atoms with van der Waals surface area (Å²) in [6.45, 7) is 5.36. The fourth-order valence-corrected chi connectivity index (χ4v) is 3.16. The van der Waals surface area contributed by atoms with Crippen molar-refractivity contribution in [1.29, 1.82) is 0 Å². The maximum Gasteiger partial charge on any atom is 0.305 e. The van der Waals surface area contributed by atoms with Crippen LogP contribution in [0.25, 0.3) is 0 Å². The lowest BCUT2D eigenvalue weighted by molar-refractivity contribution is -0.144. The number of rotatable bonds is 22. The molecule has 0 heterocycles. The van der Waals surface area contributed by atoms with E-state index in [1.807, 2.05) is 0 Å². The first-order chi connectivity index (χ1) is 14.7. The van der Waals surface area contributed by atoms with Gasteiger partial charge in [0.05, 0.1) is 13.2 Å². The summed E-state index contributed by atoms with van der Waals surface area (Å²) in [5.74, 6) is -0.0624. The molecule has 0 amide bonds. The van der Waals surface area contributed by atoms with Crippen LogP contribution in [-0.4, -0.2) is 25.2 Å². The lowest BCUT2D eigenvalue weighted by atomic mass is 10.1. The fraction of sp³-hybridized carbons (Fsp3) is 0.846. The number of hydrogen-bond acceptors (Lipinski definition) is 4. The highest BCUT2D eigenvalue weighted by Crippen LogP contribution is 2.11. The van der Waals surface area contributed by atoms with E-state index in [9.17, 15) is 9.59 Å². The summed E-state index contributed by atoms with van der Waals surface area (Å²) in [6.07, 6.45) is 23.8. The second-order valence-electron chi connectivity index (χ2n) is 8.23. The Hall–Kier alpha value is -1.32. The lowest BCUT2D eigenvalue weighted by Gasteiger charge is -2.04. The van der Waals surface area contributed by atoms with E-state index < -0.39 is 0 Å². The Balaban J connectivity index is 3.24. The highest BCUT2D eigenvalue weighted by molar-refractivity contribution is 5.69. The van der Waals surface area contributed by atoms with Gasteiger partial charge in [0.1, 0.15) is 0 Å². The van der Waals surface area contributed by atoms with Gasteiger partial charge in [-0.1, -0.05) is 77.4 Å². The Morgan fingerprint density at radius 1 is 0.533 bits per heavy atom. The molecular formula is C26H48O4. The van der Waals surface area contributed by atoms with Crippen LogP contribution < -0.4 is 0 Å². The molecule has 0 aromatic rings. The number of allylic oxidation sites excluding steroid dienone is 2. The molecular weight excluding hydrogens is 376 g/mol. The molecule has 0 saturated heterocycles. The minimum Gasteiger partial charge on any atom is -0.466 e. The molecule has 30 heavy (non-hydrogen) atoms. The van der Waals surface area contributed by atoms with Crippen molar-refractivity contribution in [3.8, 4) is 0 Å². The third kappa shape index (κ3) is 23.0. The highest BCUT2D eigenvalue weighted by Gasteiger charge is 2.02. The van der Waals surface area contributed by atoms with Gasteiger partial charge in [0.15, 0.2) is 0 Å². The number of carbonyl (C=O) groups excluding carboxylic acids is 2. The maximum atomic E-state index is 11.5. The van der Waals surface area contributed by atoms with E-state index in [2.05, 4.69) is 26.0 Å². The Morgan fingerprint density at radius 3 is 1.30 bits per heavy atom. The van der Waals surface area contributed by atoms with Crippen molar-refractivity contribution in [1.82, 2.24) is 0 Å². The van der Waals surface area contributed by atoms with Gasteiger partial charge in [0, 0.05) is 12.8 Å². The second kappa shape index (κ2) is 24.0. The molecule has 0 spiro atoms. The molecule has 0 N–H and O–H groups in total. The molecule has 0 atom stereocenters. The molecule has 0 aromatic heterocycles. The molecule has 0 aliphatic heterocycles. The van der Waals surface area contributed by atoms with Crippen molar-refractivity contribution in [3.63, 3.8) is 0 Å². The third-order valence-electron chi connectivity index (χ3n) is 5.19. The third-order valence-corrected chi connectivity index (χ3v) is 5.19. The Morgan fingerprint density at radius 2 is 0.900 bits per heavy atom. The molecule has 176 valence electrons. The normalized spacial score (nSPS) is 11.1. The average Bonchev–Trinajstić information content (AvgIpc) is 2.73. The van der Waals surface area contributed by atoms with Crippen LogP contribution in [0, 0.1) is 0 Å². The zero-order valence-corrected chi connectivity index (χ0v) is 19.9. The standard InChI is InChI=1S/C26H48O4/c1-3-5-23-29-25(27)21-19-17-15-13-11-9-7-8-10-12-14-16-18-20-22-26(28)30-24-6-4-2/h7-8H,3-6,9-24H2,1-2H3. The van der Waals surface area contributed by atoms with E-state index in [0.717, 1.165) is 51.4 Å². The Labute approximate surface area is 186 Å². The van der Waals surface area contributed by atoms with Crippen LogP contribution in [0.2, 0.25) is 0 Å². The van der Waals surface area contributed by atoms with E-state index in [1.54, 1.807) is 0 Å². The molecule has 0 aliphatic carbocycles. The zero-order valence-electron chi connectivity index (χ0n) is 19.9. The van der Waals surface area contributed by atoms with Gasteiger partial charge in [-0.2, -0.15) is 0 Å². The topological polar surface area (TPSA) is 52.6 Å². The van der Waals surface area contributed by atoms with Gasteiger partial charge in [0.25, 0.3) is 0 Å². The first-order valence-corrected chi connectivity index (χ1v) is 12.7. The van der Waals surface area contributed by atoms with Crippen molar-refractivity contribution in [2.24, 2.45) is 0 Å². The monoisotopic (exact) mass is 424 g/mol. The number of unbranched alkanes of at least 4 members (excludes halogenated alkanes) is 12. The number of carbonyl (C=O) groups is 2. The Bertz CT molecular complexity index is 379. The van der Waals surface area contributed by atoms with E-state index >= 15 is 0 Å². The van der Waals surface area contributed by atoms with Gasteiger partial charge in [-0.05, 0) is 51.4 Å². The molecule has 4 nitrogen and oxygen atoms in total. The number of ether oxygens (including phenoxy) is 2. The molecule has 0 bridgehead atoms. The van der Waals surface area contributed by atoms with Crippen molar-refractivity contribution >= 4 is 11.9 Å². The van der Waals surface area contributed by atoms with Crippen LogP contribution >= 0.6 is 0 Å². The van der Waals surface area contributed by atoms with Crippen LogP contribution in [0.1, 0.15) is 129 Å². The first-order valence-electron chi connectivity index (χ1n) is 12.7. The molecule has 0 fully saturated rings. The minimum atomic E-state index is -0.0312. The predicted molar refractivity (Wildman–Crippen MR) is 126 cm³/mol. The molecule has 0 aliphatic rings. The second-order valence-corrected chi connectivity index (χ2v) is 8.23. The fourth-order valence-electron chi connectivity index (χ4n) is 3.16. The average molecular weight is 425 g/mol. The summed E-state index contributed by atoms with van der Waals surface area (Å²) < 4.78 is 10.3. The number of esters is 2.